The van der Waals surface area contributed by atoms with Crippen LogP contribution in [0.3, 0.4) is 0 Å². The third-order valence-electron chi connectivity index (χ3n) is 4.36. The number of piperidine rings is 1. The number of likely N-dealkylation sites (tertiary alicyclic amines) is 1. The van der Waals surface area contributed by atoms with E-state index >= 15 is 0 Å². The molecular formula is C18H17Cl2N3O4. The highest BCUT2D eigenvalue weighted by molar-refractivity contribution is 6.35. The van der Waals surface area contributed by atoms with Crippen LogP contribution in [-0.2, 0) is 4.79 Å². The lowest BCUT2D eigenvalue weighted by molar-refractivity contribution is -0.127. The molecule has 1 aromatic carbocycles. The maximum Gasteiger partial charge on any atom is 0.289 e. The summed E-state index contributed by atoms with van der Waals surface area (Å²) in [5.74, 6) is -1.08. The van der Waals surface area contributed by atoms with E-state index in [9.17, 15) is 14.4 Å². The number of furan rings is 1. The third-order valence-corrected chi connectivity index (χ3v) is 4.92. The molecule has 9 heteroatoms. The quantitative estimate of drug-likeness (QED) is 0.762. The third kappa shape index (κ3) is 4.61. The Balaban J connectivity index is 1.49. The summed E-state index contributed by atoms with van der Waals surface area (Å²) in [6.45, 7) is 0.872. The summed E-state index contributed by atoms with van der Waals surface area (Å²) in [6, 6.07) is 7.76. The summed E-state index contributed by atoms with van der Waals surface area (Å²) in [7, 11) is 0. The van der Waals surface area contributed by atoms with Crippen molar-refractivity contribution < 1.29 is 18.8 Å². The molecule has 3 rings (SSSR count). The summed E-state index contributed by atoms with van der Waals surface area (Å²) < 4.78 is 5.11. The van der Waals surface area contributed by atoms with Crippen molar-refractivity contribution in [3.63, 3.8) is 0 Å². The maximum absolute atomic E-state index is 12.3. The van der Waals surface area contributed by atoms with Crippen LogP contribution in [0, 0.1) is 5.92 Å². The molecule has 1 aliphatic heterocycles. The van der Waals surface area contributed by atoms with Crippen molar-refractivity contribution in [3.8, 4) is 0 Å². The van der Waals surface area contributed by atoms with E-state index in [2.05, 4.69) is 10.9 Å². The normalized spacial score (nSPS) is 14.7. The first-order chi connectivity index (χ1) is 13.0. The molecule has 0 unspecified atom stereocenters. The molecule has 3 amide bonds. The van der Waals surface area contributed by atoms with Crippen LogP contribution in [0.25, 0.3) is 0 Å². The first kappa shape index (κ1) is 19.3. The number of amides is 3. The van der Waals surface area contributed by atoms with Crippen LogP contribution in [0.4, 0.5) is 0 Å². The number of halogens is 2. The molecule has 0 spiro atoms. The highest BCUT2D eigenvalue weighted by atomic mass is 35.5. The van der Waals surface area contributed by atoms with Gasteiger partial charge in [0.1, 0.15) is 0 Å². The summed E-state index contributed by atoms with van der Waals surface area (Å²) in [6.07, 6.45) is 2.43. The van der Waals surface area contributed by atoms with Crippen molar-refractivity contribution in [2.75, 3.05) is 13.1 Å². The Morgan fingerprint density at radius 1 is 1.07 bits per heavy atom. The summed E-state index contributed by atoms with van der Waals surface area (Å²) >= 11 is 11.8. The van der Waals surface area contributed by atoms with Gasteiger partial charge in [-0.2, -0.15) is 0 Å². The fraction of sp³-hybridized carbons (Fsp3) is 0.278. The number of hydrazine groups is 1. The van der Waals surface area contributed by atoms with Gasteiger partial charge >= 0.3 is 0 Å². The van der Waals surface area contributed by atoms with Crippen LogP contribution in [0.2, 0.25) is 10.0 Å². The van der Waals surface area contributed by atoms with Crippen molar-refractivity contribution >= 4 is 40.9 Å². The average Bonchev–Trinajstić information content (AvgIpc) is 3.22. The van der Waals surface area contributed by atoms with E-state index in [-0.39, 0.29) is 34.1 Å². The number of carbonyl (C=O) groups excluding carboxylic acids is 3. The number of carbonyl (C=O) groups is 3. The molecule has 0 saturated carbocycles. The van der Waals surface area contributed by atoms with E-state index in [4.69, 9.17) is 27.6 Å². The predicted molar refractivity (Wildman–Crippen MR) is 99.4 cm³/mol. The molecule has 0 bridgehead atoms. The Labute approximate surface area is 165 Å². The zero-order valence-electron chi connectivity index (χ0n) is 14.2. The van der Waals surface area contributed by atoms with Crippen LogP contribution < -0.4 is 10.9 Å². The van der Waals surface area contributed by atoms with E-state index in [1.54, 1.807) is 23.1 Å². The number of nitrogens with zero attached hydrogens (tertiary/aromatic N) is 1. The monoisotopic (exact) mass is 409 g/mol. The largest absolute Gasteiger partial charge is 0.459 e. The van der Waals surface area contributed by atoms with Crippen LogP contribution in [-0.4, -0.2) is 35.7 Å². The minimum absolute atomic E-state index is 0.170. The molecule has 0 radical (unpaired) electrons. The van der Waals surface area contributed by atoms with E-state index in [0.29, 0.717) is 31.0 Å². The van der Waals surface area contributed by atoms with Crippen LogP contribution in [0.5, 0.6) is 0 Å². The summed E-state index contributed by atoms with van der Waals surface area (Å²) in [5.41, 5.74) is 4.92. The number of rotatable bonds is 3. The molecule has 27 heavy (non-hydrogen) atoms. The first-order valence-electron chi connectivity index (χ1n) is 8.33. The van der Waals surface area contributed by atoms with E-state index in [1.165, 1.54) is 18.4 Å². The maximum atomic E-state index is 12.3. The van der Waals surface area contributed by atoms with Crippen molar-refractivity contribution in [2.24, 2.45) is 5.92 Å². The van der Waals surface area contributed by atoms with Gasteiger partial charge in [-0.15, -0.1) is 0 Å². The number of hydrogen-bond donors (Lipinski definition) is 2. The second kappa shape index (κ2) is 8.45. The fourth-order valence-corrected chi connectivity index (χ4v) is 3.24. The Bertz CT molecular complexity index is 846. The molecular weight excluding hydrogens is 393 g/mol. The Morgan fingerprint density at radius 3 is 2.48 bits per heavy atom. The average molecular weight is 410 g/mol. The van der Waals surface area contributed by atoms with Gasteiger partial charge in [-0.25, -0.2) is 0 Å². The van der Waals surface area contributed by atoms with Crippen LogP contribution in [0.1, 0.15) is 33.8 Å². The zero-order chi connectivity index (χ0) is 19.4. The van der Waals surface area contributed by atoms with Crippen LogP contribution in [0.15, 0.2) is 41.0 Å². The molecule has 0 atom stereocenters. The molecule has 2 aromatic rings. The van der Waals surface area contributed by atoms with Crippen LogP contribution >= 0.6 is 23.2 Å². The van der Waals surface area contributed by atoms with Gasteiger partial charge < -0.3 is 9.32 Å². The molecule has 2 heterocycles. The molecule has 7 nitrogen and oxygen atoms in total. The van der Waals surface area contributed by atoms with Crippen molar-refractivity contribution in [2.45, 2.75) is 12.8 Å². The zero-order valence-corrected chi connectivity index (χ0v) is 15.7. The second-order valence-corrected chi connectivity index (χ2v) is 6.95. The van der Waals surface area contributed by atoms with Crippen molar-refractivity contribution in [3.05, 3.63) is 58.0 Å². The van der Waals surface area contributed by atoms with Gasteiger partial charge in [0.15, 0.2) is 5.76 Å². The lowest BCUT2D eigenvalue weighted by atomic mass is 9.96. The number of benzene rings is 1. The Kier molecular flexibility index (Phi) is 6.03. The van der Waals surface area contributed by atoms with Crippen molar-refractivity contribution in [1.29, 1.82) is 0 Å². The standard InChI is InChI=1S/C18H17Cl2N3O4/c19-12-3-4-14(20)13(10-12)17(25)22-21-16(24)11-5-7-23(8-6-11)18(26)15-2-1-9-27-15/h1-4,9-11H,5-8H2,(H,21,24)(H,22,25). The highest BCUT2D eigenvalue weighted by Gasteiger charge is 2.29. The van der Waals surface area contributed by atoms with Gasteiger partial charge in [-0.1, -0.05) is 23.2 Å². The summed E-state index contributed by atoms with van der Waals surface area (Å²) in [4.78, 5) is 38.3. The number of hydrogen-bond acceptors (Lipinski definition) is 4. The minimum Gasteiger partial charge on any atom is -0.459 e. The lowest BCUT2D eigenvalue weighted by Gasteiger charge is -2.30. The fourth-order valence-electron chi connectivity index (χ4n) is 2.86. The smallest absolute Gasteiger partial charge is 0.289 e. The first-order valence-corrected chi connectivity index (χ1v) is 9.09. The SMILES string of the molecule is O=C(NNC(=O)C1CCN(C(=O)c2ccco2)CC1)c1cc(Cl)ccc1Cl. The van der Waals surface area contributed by atoms with Gasteiger partial charge in [0.25, 0.3) is 11.8 Å². The van der Waals surface area contributed by atoms with Gasteiger partial charge in [-0.3, -0.25) is 25.2 Å². The summed E-state index contributed by atoms with van der Waals surface area (Å²) in [5, 5.41) is 0.598. The molecule has 1 saturated heterocycles. The topological polar surface area (TPSA) is 91.7 Å². The number of nitrogens with one attached hydrogen (secondary N) is 2. The molecule has 1 fully saturated rings. The van der Waals surface area contributed by atoms with Crippen molar-refractivity contribution in [1.82, 2.24) is 15.8 Å². The lowest BCUT2D eigenvalue weighted by Crippen LogP contribution is -2.48. The predicted octanol–water partition coefficient (Wildman–Crippen LogP) is 2.90. The molecule has 2 N–H and O–H groups in total. The van der Waals surface area contributed by atoms with E-state index < -0.39 is 5.91 Å². The van der Waals surface area contributed by atoms with Gasteiger partial charge in [0, 0.05) is 24.0 Å². The van der Waals surface area contributed by atoms with Gasteiger partial charge in [0.2, 0.25) is 5.91 Å². The second-order valence-electron chi connectivity index (χ2n) is 6.11. The molecule has 1 aliphatic rings. The molecule has 0 aliphatic carbocycles. The van der Waals surface area contributed by atoms with Gasteiger partial charge in [-0.05, 0) is 43.2 Å². The molecule has 1 aromatic heterocycles. The van der Waals surface area contributed by atoms with E-state index in [0.717, 1.165) is 0 Å². The Hall–Kier alpha value is -2.51. The minimum atomic E-state index is -0.554. The van der Waals surface area contributed by atoms with E-state index in [1.807, 2.05) is 0 Å². The van der Waals surface area contributed by atoms with Gasteiger partial charge in [0.05, 0.1) is 16.8 Å². The highest BCUT2D eigenvalue weighted by Crippen LogP contribution is 2.21. The Morgan fingerprint density at radius 2 is 1.81 bits per heavy atom. The molecule has 142 valence electrons.